The molecule has 2 aromatic rings. The Labute approximate surface area is 130 Å². The molecule has 1 fully saturated rings. The van der Waals surface area contributed by atoms with E-state index in [2.05, 4.69) is 4.98 Å². The van der Waals surface area contributed by atoms with Gasteiger partial charge in [-0.25, -0.2) is 4.98 Å². The molecule has 5 heteroatoms. The van der Waals surface area contributed by atoms with E-state index in [0.29, 0.717) is 19.7 Å². The van der Waals surface area contributed by atoms with E-state index >= 15 is 0 Å². The molecule has 1 aliphatic heterocycles. The van der Waals surface area contributed by atoms with E-state index in [9.17, 15) is 4.79 Å². The third-order valence-electron chi connectivity index (χ3n) is 3.84. The molecular formula is C17H21N3O2. The average molecular weight is 299 g/mol. The molecule has 0 bridgehead atoms. The first-order chi connectivity index (χ1) is 10.5. The fourth-order valence-corrected chi connectivity index (χ4v) is 2.72. The molecular weight excluding hydrogens is 278 g/mol. The normalized spacial score (nSPS) is 17.5. The summed E-state index contributed by atoms with van der Waals surface area (Å²) in [6, 6.07) is 7.80. The van der Waals surface area contributed by atoms with Crippen LogP contribution in [0.3, 0.4) is 0 Å². The fraction of sp³-hybridized carbons (Fsp3) is 0.412. The van der Waals surface area contributed by atoms with E-state index in [1.165, 1.54) is 0 Å². The molecule has 0 saturated carbocycles. The number of hydrogen-bond acceptors (Lipinski definition) is 3. The highest BCUT2D eigenvalue weighted by atomic mass is 16.5. The van der Waals surface area contributed by atoms with Gasteiger partial charge in [0.05, 0.1) is 18.5 Å². The predicted molar refractivity (Wildman–Crippen MR) is 83.7 cm³/mol. The first-order valence-electron chi connectivity index (χ1n) is 7.51. The molecule has 0 radical (unpaired) electrons. The van der Waals surface area contributed by atoms with Crippen molar-refractivity contribution in [2.75, 3.05) is 19.7 Å². The number of imidazole rings is 1. The Bertz CT molecular complexity index is 632. The lowest BCUT2D eigenvalue weighted by atomic mass is 10.1. The van der Waals surface area contributed by atoms with Crippen LogP contribution in [0, 0.1) is 0 Å². The minimum atomic E-state index is -0.269. The zero-order valence-electron chi connectivity index (χ0n) is 13.0. The summed E-state index contributed by atoms with van der Waals surface area (Å²) in [6.07, 6.45) is 5.47. The largest absolute Gasteiger partial charge is 0.372 e. The highest BCUT2D eigenvalue weighted by molar-refractivity contribution is 5.94. The first kappa shape index (κ1) is 14.8. The van der Waals surface area contributed by atoms with Crippen molar-refractivity contribution in [3.63, 3.8) is 0 Å². The molecule has 0 N–H and O–H groups in total. The van der Waals surface area contributed by atoms with Crippen LogP contribution in [-0.4, -0.2) is 45.7 Å². The van der Waals surface area contributed by atoms with Crippen molar-refractivity contribution in [3.8, 4) is 0 Å². The molecule has 1 amide bonds. The van der Waals surface area contributed by atoms with Crippen LogP contribution in [0.5, 0.6) is 0 Å². The molecule has 1 saturated heterocycles. The van der Waals surface area contributed by atoms with Gasteiger partial charge in [0.2, 0.25) is 0 Å². The van der Waals surface area contributed by atoms with Gasteiger partial charge >= 0.3 is 0 Å². The quantitative estimate of drug-likeness (QED) is 0.873. The highest BCUT2D eigenvalue weighted by Gasteiger charge is 2.30. The Balaban J connectivity index is 1.68. The molecule has 5 nitrogen and oxygen atoms in total. The average Bonchev–Trinajstić information content (AvgIpc) is 2.99. The molecule has 0 unspecified atom stereocenters. The summed E-state index contributed by atoms with van der Waals surface area (Å²) in [7, 11) is 0. The summed E-state index contributed by atoms with van der Waals surface area (Å²) >= 11 is 0. The lowest BCUT2D eigenvalue weighted by molar-refractivity contribution is -0.0764. The Morgan fingerprint density at radius 1 is 1.32 bits per heavy atom. The summed E-state index contributed by atoms with van der Waals surface area (Å²) in [5.74, 6) is 0.0746. The van der Waals surface area contributed by atoms with Gasteiger partial charge in [-0.05, 0) is 31.5 Å². The Kier molecular flexibility index (Phi) is 3.98. The van der Waals surface area contributed by atoms with Crippen molar-refractivity contribution in [2.24, 2.45) is 0 Å². The van der Waals surface area contributed by atoms with Crippen molar-refractivity contribution >= 4 is 5.91 Å². The van der Waals surface area contributed by atoms with E-state index in [4.69, 9.17) is 4.74 Å². The van der Waals surface area contributed by atoms with Gasteiger partial charge < -0.3 is 14.2 Å². The van der Waals surface area contributed by atoms with E-state index in [-0.39, 0.29) is 11.5 Å². The van der Waals surface area contributed by atoms with Gasteiger partial charge in [0.15, 0.2) is 0 Å². The Morgan fingerprint density at radius 2 is 2.09 bits per heavy atom. The summed E-state index contributed by atoms with van der Waals surface area (Å²) in [5, 5.41) is 0. The second kappa shape index (κ2) is 5.93. The van der Waals surface area contributed by atoms with E-state index < -0.39 is 0 Å². The van der Waals surface area contributed by atoms with Gasteiger partial charge in [-0.1, -0.05) is 12.1 Å². The third-order valence-corrected chi connectivity index (χ3v) is 3.84. The number of rotatable bonds is 3. The van der Waals surface area contributed by atoms with E-state index in [1.807, 2.05) is 53.8 Å². The topological polar surface area (TPSA) is 47.4 Å². The number of aromatic nitrogens is 2. The Morgan fingerprint density at radius 3 is 2.73 bits per heavy atom. The number of benzene rings is 1. The van der Waals surface area contributed by atoms with Crippen molar-refractivity contribution in [2.45, 2.75) is 26.0 Å². The molecule has 22 heavy (non-hydrogen) atoms. The van der Waals surface area contributed by atoms with Crippen molar-refractivity contribution < 1.29 is 9.53 Å². The van der Waals surface area contributed by atoms with Gasteiger partial charge in [0, 0.05) is 37.6 Å². The second-order valence-corrected chi connectivity index (χ2v) is 6.27. The van der Waals surface area contributed by atoms with Gasteiger partial charge in [0.1, 0.15) is 0 Å². The molecule has 2 heterocycles. The zero-order valence-corrected chi connectivity index (χ0v) is 13.0. The number of amides is 1. The molecule has 3 rings (SSSR count). The molecule has 0 atom stereocenters. The molecule has 1 aliphatic rings. The van der Waals surface area contributed by atoms with Crippen molar-refractivity contribution in [1.82, 2.24) is 14.5 Å². The van der Waals surface area contributed by atoms with E-state index in [0.717, 1.165) is 17.7 Å². The highest BCUT2D eigenvalue weighted by Crippen LogP contribution is 2.18. The molecule has 0 spiro atoms. The smallest absolute Gasteiger partial charge is 0.254 e. The van der Waals surface area contributed by atoms with Gasteiger partial charge in [-0.15, -0.1) is 0 Å². The van der Waals surface area contributed by atoms with Crippen LogP contribution in [0.4, 0.5) is 0 Å². The first-order valence-corrected chi connectivity index (χ1v) is 7.51. The summed E-state index contributed by atoms with van der Waals surface area (Å²) in [5.41, 5.74) is 1.61. The van der Waals surface area contributed by atoms with Gasteiger partial charge in [-0.2, -0.15) is 0 Å². The van der Waals surface area contributed by atoms with Gasteiger partial charge in [-0.3, -0.25) is 4.79 Å². The molecule has 1 aromatic carbocycles. The monoisotopic (exact) mass is 299 g/mol. The van der Waals surface area contributed by atoms with Crippen LogP contribution in [-0.2, 0) is 11.3 Å². The maximum absolute atomic E-state index is 12.6. The number of carbonyl (C=O) groups is 1. The standard InChI is InChI=1S/C17H21N3O2/c1-17(2)12-20(9-10-22-17)16(21)15-5-3-14(4-6-15)11-19-8-7-18-13-19/h3-8,13H,9-12H2,1-2H3. The van der Waals surface area contributed by atoms with Crippen LogP contribution in [0.1, 0.15) is 29.8 Å². The maximum Gasteiger partial charge on any atom is 0.254 e. The lowest BCUT2D eigenvalue weighted by Gasteiger charge is -2.38. The maximum atomic E-state index is 12.6. The number of nitrogens with zero attached hydrogens (tertiary/aromatic N) is 3. The number of morpholine rings is 1. The zero-order chi connectivity index (χ0) is 15.6. The summed E-state index contributed by atoms with van der Waals surface area (Å²) in [4.78, 5) is 18.5. The SMILES string of the molecule is CC1(C)CN(C(=O)c2ccc(Cn3ccnc3)cc2)CCO1. The third kappa shape index (κ3) is 3.36. The molecule has 116 valence electrons. The van der Waals surface area contributed by atoms with Crippen molar-refractivity contribution in [3.05, 3.63) is 54.1 Å². The predicted octanol–water partition coefficient (Wildman–Crippen LogP) is 2.18. The lowest BCUT2D eigenvalue weighted by Crippen LogP contribution is -2.50. The number of hydrogen-bond donors (Lipinski definition) is 0. The fourth-order valence-electron chi connectivity index (χ4n) is 2.72. The van der Waals surface area contributed by atoms with Crippen LogP contribution >= 0.6 is 0 Å². The van der Waals surface area contributed by atoms with Gasteiger partial charge in [0.25, 0.3) is 5.91 Å². The van der Waals surface area contributed by atoms with E-state index in [1.54, 1.807) is 12.5 Å². The van der Waals surface area contributed by atoms with Crippen molar-refractivity contribution in [1.29, 1.82) is 0 Å². The number of carbonyl (C=O) groups excluding carboxylic acids is 1. The molecule has 1 aromatic heterocycles. The summed E-state index contributed by atoms with van der Waals surface area (Å²) in [6.45, 7) is 6.67. The minimum absolute atomic E-state index is 0.0746. The minimum Gasteiger partial charge on any atom is -0.372 e. The second-order valence-electron chi connectivity index (χ2n) is 6.27. The number of ether oxygens (including phenoxy) is 1. The Hall–Kier alpha value is -2.14. The van der Waals surface area contributed by atoms with Crippen LogP contribution in [0.15, 0.2) is 43.0 Å². The summed E-state index contributed by atoms with van der Waals surface area (Å²) < 4.78 is 7.66. The van der Waals surface area contributed by atoms with Crippen LogP contribution in [0.25, 0.3) is 0 Å². The van der Waals surface area contributed by atoms with Crippen LogP contribution in [0.2, 0.25) is 0 Å². The molecule has 0 aliphatic carbocycles. The van der Waals surface area contributed by atoms with Crippen LogP contribution < -0.4 is 0 Å².